The van der Waals surface area contributed by atoms with Crippen molar-refractivity contribution in [1.82, 2.24) is 13.7 Å². The minimum absolute atomic E-state index is 0.853. The number of allylic oxidation sites excluding steroid dienone is 7. The Balaban J connectivity index is 1.16. The Morgan fingerprint density at radius 3 is 1.60 bits per heavy atom. The fraction of sp³-hybridized carbons (Fsp3) is 0.0526. The SMILES string of the molecule is C=Cc1c(/C=C\C)n(-c2ccccc2-c2ccc3c(c2)c2cc(-c4ccccc4-n4c5ccccc5c5ccccc54)ccc2n3/C2=C/C=C\C/C=C\C2)c2ccccc12. The molecule has 60 heavy (non-hydrogen) atoms. The first-order valence-electron chi connectivity index (χ1n) is 20.9. The molecule has 0 aliphatic heterocycles. The monoisotopic (exact) mass is 769 g/mol. The quantitative estimate of drug-likeness (QED) is 0.143. The Morgan fingerprint density at radius 2 is 1.00 bits per heavy atom. The van der Waals surface area contributed by atoms with Crippen molar-refractivity contribution >= 4 is 72.4 Å². The van der Waals surface area contributed by atoms with E-state index in [1.165, 1.54) is 82.6 Å². The highest BCUT2D eigenvalue weighted by molar-refractivity contribution is 6.13. The maximum atomic E-state index is 4.24. The van der Waals surface area contributed by atoms with Crippen molar-refractivity contribution < 1.29 is 0 Å². The Kier molecular flexibility index (Phi) is 8.67. The Morgan fingerprint density at radius 1 is 0.483 bits per heavy atom. The third kappa shape index (κ3) is 5.58. The minimum atomic E-state index is 0.853. The van der Waals surface area contributed by atoms with Gasteiger partial charge in [-0.1, -0.05) is 146 Å². The van der Waals surface area contributed by atoms with Gasteiger partial charge in [-0.2, -0.15) is 0 Å². The third-order valence-corrected chi connectivity index (χ3v) is 12.2. The fourth-order valence-corrected chi connectivity index (χ4v) is 9.63. The Hall–Kier alpha value is -7.62. The maximum absolute atomic E-state index is 4.24. The average molecular weight is 770 g/mol. The van der Waals surface area contributed by atoms with Gasteiger partial charge in [0.1, 0.15) is 0 Å². The van der Waals surface area contributed by atoms with Crippen molar-refractivity contribution in [3.8, 4) is 33.6 Å². The summed E-state index contributed by atoms with van der Waals surface area (Å²) in [5.74, 6) is 0. The molecule has 0 N–H and O–H groups in total. The average Bonchev–Trinajstić information content (AvgIpc) is 3.91. The first-order valence-corrected chi connectivity index (χ1v) is 20.9. The smallest absolute Gasteiger partial charge is 0.0541 e. The van der Waals surface area contributed by atoms with E-state index < -0.39 is 0 Å². The highest BCUT2D eigenvalue weighted by Crippen LogP contribution is 2.42. The number of fused-ring (bicyclic) bond motifs is 7. The molecule has 0 saturated carbocycles. The van der Waals surface area contributed by atoms with E-state index >= 15 is 0 Å². The van der Waals surface area contributed by atoms with Gasteiger partial charge in [0.15, 0.2) is 0 Å². The second-order valence-electron chi connectivity index (χ2n) is 15.6. The van der Waals surface area contributed by atoms with Crippen molar-refractivity contribution in [2.45, 2.75) is 19.8 Å². The molecule has 3 heteroatoms. The van der Waals surface area contributed by atoms with Gasteiger partial charge in [0.2, 0.25) is 0 Å². The molecule has 0 atom stereocenters. The summed E-state index contributed by atoms with van der Waals surface area (Å²) in [5, 5.41) is 6.16. The molecule has 1 aliphatic carbocycles. The minimum Gasteiger partial charge on any atom is -0.313 e. The van der Waals surface area contributed by atoms with Crippen LogP contribution in [-0.4, -0.2) is 13.7 Å². The van der Waals surface area contributed by atoms with Gasteiger partial charge in [-0.05, 0) is 91.2 Å². The van der Waals surface area contributed by atoms with Crippen LogP contribution < -0.4 is 0 Å². The summed E-state index contributed by atoms with van der Waals surface area (Å²) in [6, 6.07) is 58.0. The molecule has 1 aliphatic rings. The van der Waals surface area contributed by atoms with Crippen molar-refractivity contribution in [2.24, 2.45) is 0 Å². The van der Waals surface area contributed by atoms with Crippen LogP contribution in [0.5, 0.6) is 0 Å². The van der Waals surface area contributed by atoms with Crippen LogP contribution in [0.2, 0.25) is 0 Å². The molecule has 0 unspecified atom stereocenters. The van der Waals surface area contributed by atoms with Gasteiger partial charge < -0.3 is 13.7 Å². The normalized spacial score (nSPS) is 15.2. The lowest BCUT2D eigenvalue weighted by Gasteiger charge is -2.16. The van der Waals surface area contributed by atoms with Crippen molar-refractivity contribution in [1.29, 1.82) is 0 Å². The lowest BCUT2D eigenvalue weighted by molar-refractivity contribution is 1.11. The molecule has 11 rings (SSSR count). The molecule has 3 nitrogen and oxygen atoms in total. The molecular formula is C57H43N3. The number of rotatable bonds is 7. The van der Waals surface area contributed by atoms with Crippen LogP contribution in [0.3, 0.4) is 0 Å². The van der Waals surface area contributed by atoms with E-state index in [2.05, 4.69) is 227 Å². The zero-order chi connectivity index (χ0) is 40.2. The van der Waals surface area contributed by atoms with E-state index in [1.54, 1.807) is 0 Å². The maximum Gasteiger partial charge on any atom is 0.0541 e. The largest absolute Gasteiger partial charge is 0.313 e. The molecule has 0 amide bonds. The fourth-order valence-electron chi connectivity index (χ4n) is 9.63. The number of hydrogen-bond acceptors (Lipinski definition) is 0. The highest BCUT2D eigenvalue weighted by atomic mass is 15.0. The highest BCUT2D eigenvalue weighted by Gasteiger charge is 2.21. The van der Waals surface area contributed by atoms with Crippen molar-refractivity contribution in [3.63, 3.8) is 0 Å². The first-order chi connectivity index (χ1) is 29.7. The first kappa shape index (κ1) is 35.5. The zero-order valence-electron chi connectivity index (χ0n) is 33.6. The van der Waals surface area contributed by atoms with Gasteiger partial charge in [0.25, 0.3) is 0 Å². The summed E-state index contributed by atoms with van der Waals surface area (Å²) in [7, 11) is 0. The van der Waals surface area contributed by atoms with Gasteiger partial charge in [0.05, 0.1) is 44.7 Å². The molecule has 3 aromatic heterocycles. The van der Waals surface area contributed by atoms with E-state index in [0.29, 0.717) is 0 Å². The summed E-state index contributed by atoms with van der Waals surface area (Å²) in [6.45, 7) is 6.32. The van der Waals surface area contributed by atoms with Crippen LogP contribution in [0.15, 0.2) is 201 Å². The van der Waals surface area contributed by atoms with E-state index in [-0.39, 0.29) is 0 Å². The molecule has 10 aromatic rings. The van der Waals surface area contributed by atoms with Crippen LogP contribution in [0.1, 0.15) is 31.0 Å². The van der Waals surface area contributed by atoms with Crippen molar-refractivity contribution in [3.05, 3.63) is 212 Å². The van der Waals surface area contributed by atoms with Crippen LogP contribution in [0.25, 0.3) is 106 Å². The number of para-hydroxylation sites is 5. The van der Waals surface area contributed by atoms with E-state index in [0.717, 1.165) is 35.3 Å². The second-order valence-corrected chi connectivity index (χ2v) is 15.6. The molecule has 0 radical (unpaired) electrons. The number of hydrogen-bond donors (Lipinski definition) is 0. The van der Waals surface area contributed by atoms with Crippen molar-refractivity contribution in [2.75, 3.05) is 0 Å². The molecule has 0 saturated heterocycles. The second kappa shape index (κ2) is 14.6. The summed E-state index contributed by atoms with van der Waals surface area (Å²) >= 11 is 0. The standard InChI is InChI=1S/C57H43N3/c1-3-20-50-42(4-2)45-25-12-17-30-53(45)59(50)51-28-15-10-23-43(51)39-33-35-56-48(37-39)49-38-40(34-36-57(49)58(56)41-21-8-6-5-7-9-22-41)44-24-11-16-29-52(44)60-54-31-18-13-26-46(54)47-27-14-19-32-55(47)60/h3-4,6-21,23-38H,2,5,22H2,1H3/b8-6-,9-7-,20-3-,41-21+. The molecule has 0 fully saturated rings. The lowest BCUT2D eigenvalue weighted by atomic mass is 9.98. The molecular weight excluding hydrogens is 727 g/mol. The van der Waals surface area contributed by atoms with Gasteiger partial charge in [-0.15, -0.1) is 0 Å². The van der Waals surface area contributed by atoms with Gasteiger partial charge in [0, 0.05) is 55.7 Å². The summed E-state index contributed by atoms with van der Waals surface area (Å²) in [5.41, 5.74) is 16.5. The molecule has 3 heterocycles. The Labute approximate surface area is 350 Å². The summed E-state index contributed by atoms with van der Waals surface area (Å²) in [6.07, 6.45) is 19.4. The molecule has 7 aromatic carbocycles. The van der Waals surface area contributed by atoms with Gasteiger partial charge in [-0.25, -0.2) is 0 Å². The topological polar surface area (TPSA) is 14.8 Å². The van der Waals surface area contributed by atoms with Crippen LogP contribution in [0, 0.1) is 0 Å². The lowest BCUT2D eigenvalue weighted by Crippen LogP contribution is -2.00. The third-order valence-electron chi connectivity index (χ3n) is 12.2. The molecule has 0 bridgehead atoms. The predicted octanol–water partition coefficient (Wildman–Crippen LogP) is 15.6. The summed E-state index contributed by atoms with van der Waals surface area (Å²) < 4.78 is 7.31. The predicted molar refractivity (Wildman–Crippen MR) is 258 cm³/mol. The number of benzene rings is 7. The van der Waals surface area contributed by atoms with E-state index in [1.807, 2.05) is 6.08 Å². The Bertz CT molecular complexity index is 3410. The van der Waals surface area contributed by atoms with Crippen LogP contribution in [0.4, 0.5) is 0 Å². The number of aromatic nitrogens is 3. The van der Waals surface area contributed by atoms with Gasteiger partial charge in [-0.3, -0.25) is 0 Å². The number of nitrogens with zero attached hydrogens (tertiary/aromatic N) is 3. The molecule has 286 valence electrons. The van der Waals surface area contributed by atoms with Crippen LogP contribution in [-0.2, 0) is 0 Å². The summed E-state index contributed by atoms with van der Waals surface area (Å²) in [4.78, 5) is 0. The van der Waals surface area contributed by atoms with Gasteiger partial charge >= 0.3 is 0 Å². The molecule has 0 spiro atoms. The van der Waals surface area contributed by atoms with E-state index in [9.17, 15) is 0 Å². The van der Waals surface area contributed by atoms with E-state index in [4.69, 9.17) is 0 Å². The van der Waals surface area contributed by atoms with Crippen LogP contribution >= 0.6 is 0 Å². The zero-order valence-corrected chi connectivity index (χ0v) is 33.6.